The number of hydrogen-bond acceptors (Lipinski definition) is 5. The largest absolute Gasteiger partial charge is 0.493 e. The van der Waals surface area contributed by atoms with Crippen molar-refractivity contribution < 1.29 is 29.3 Å². The fraction of sp³-hybridized carbons (Fsp3) is 0.474. The second kappa shape index (κ2) is 11.3. The number of aliphatic carboxylic acids is 2. The van der Waals surface area contributed by atoms with Gasteiger partial charge in [0.25, 0.3) is 0 Å². The van der Waals surface area contributed by atoms with Crippen LogP contribution in [-0.2, 0) is 14.3 Å². The van der Waals surface area contributed by atoms with Crippen LogP contribution in [0.5, 0.6) is 5.75 Å². The van der Waals surface area contributed by atoms with Gasteiger partial charge in [-0.15, -0.1) is 0 Å². The number of para-hydroxylation sites is 1. The minimum absolute atomic E-state index is 0.182. The van der Waals surface area contributed by atoms with Gasteiger partial charge in [0.2, 0.25) is 0 Å². The summed E-state index contributed by atoms with van der Waals surface area (Å²) in [4.78, 5) is 21.5. The summed E-state index contributed by atoms with van der Waals surface area (Å²) in [5, 5.41) is 15.6. The van der Waals surface area contributed by atoms with Crippen LogP contribution in [0.15, 0.2) is 42.5 Å². The molecule has 1 aromatic rings. The molecule has 7 heteroatoms. The number of nitrogens with zero attached hydrogens (tertiary/aromatic N) is 1. The Balaban J connectivity index is 0.000000359. The van der Waals surface area contributed by atoms with Gasteiger partial charge in [-0.25, -0.2) is 9.59 Å². The van der Waals surface area contributed by atoms with Crippen molar-refractivity contribution in [1.82, 2.24) is 4.90 Å². The molecule has 1 fully saturated rings. The van der Waals surface area contributed by atoms with E-state index in [4.69, 9.17) is 19.7 Å². The highest BCUT2D eigenvalue weighted by atomic mass is 16.5. The van der Waals surface area contributed by atoms with Crippen LogP contribution in [-0.4, -0.2) is 66.5 Å². The quantitative estimate of drug-likeness (QED) is 0.647. The molecule has 26 heavy (non-hydrogen) atoms. The van der Waals surface area contributed by atoms with Crippen LogP contribution < -0.4 is 4.74 Å². The van der Waals surface area contributed by atoms with E-state index in [0.29, 0.717) is 12.2 Å². The van der Waals surface area contributed by atoms with E-state index in [-0.39, 0.29) is 5.41 Å². The molecule has 0 amide bonds. The predicted octanol–water partition coefficient (Wildman–Crippen LogP) is 2.14. The summed E-state index contributed by atoms with van der Waals surface area (Å²) < 4.78 is 11.3. The number of carbonyl (C=O) groups is 2. The molecule has 2 N–H and O–H groups in total. The Hall–Kier alpha value is -2.38. The average molecular weight is 365 g/mol. The van der Waals surface area contributed by atoms with E-state index in [0.717, 1.165) is 45.2 Å². The van der Waals surface area contributed by atoms with Crippen LogP contribution in [0.25, 0.3) is 0 Å². The predicted molar refractivity (Wildman–Crippen MR) is 97.4 cm³/mol. The van der Waals surface area contributed by atoms with Gasteiger partial charge in [0.05, 0.1) is 25.2 Å². The van der Waals surface area contributed by atoms with Crippen LogP contribution in [0.3, 0.4) is 0 Å². The van der Waals surface area contributed by atoms with Crippen LogP contribution in [0.4, 0.5) is 0 Å². The Morgan fingerprint density at radius 3 is 2.04 bits per heavy atom. The molecule has 0 atom stereocenters. The highest BCUT2D eigenvalue weighted by molar-refractivity contribution is 5.89. The molecular weight excluding hydrogens is 338 g/mol. The minimum atomic E-state index is -1.26. The molecule has 7 nitrogen and oxygen atoms in total. The van der Waals surface area contributed by atoms with Gasteiger partial charge in [0, 0.05) is 18.7 Å². The summed E-state index contributed by atoms with van der Waals surface area (Å²) in [7, 11) is 0. The van der Waals surface area contributed by atoms with Gasteiger partial charge in [-0.05, 0) is 25.2 Å². The summed E-state index contributed by atoms with van der Waals surface area (Å²) in [5.41, 5.74) is 0.182. The van der Waals surface area contributed by atoms with Crippen molar-refractivity contribution in [3.8, 4) is 5.75 Å². The van der Waals surface area contributed by atoms with Gasteiger partial charge in [-0.2, -0.15) is 0 Å². The third-order valence-corrected chi connectivity index (χ3v) is 3.93. The number of carboxylic acids is 2. The fourth-order valence-corrected chi connectivity index (χ4v) is 2.43. The molecule has 0 aromatic heterocycles. The Morgan fingerprint density at radius 2 is 1.65 bits per heavy atom. The van der Waals surface area contributed by atoms with Crippen molar-refractivity contribution in [1.29, 1.82) is 0 Å². The van der Waals surface area contributed by atoms with Crippen LogP contribution in [0.2, 0.25) is 0 Å². The van der Waals surface area contributed by atoms with Gasteiger partial charge in [0.15, 0.2) is 0 Å². The first-order chi connectivity index (χ1) is 12.4. The molecule has 144 valence electrons. The minimum Gasteiger partial charge on any atom is -0.493 e. The summed E-state index contributed by atoms with van der Waals surface area (Å²) in [5.74, 6) is -1.57. The first-order valence-electron chi connectivity index (χ1n) is 8.52. The molecule has 2 rings (SSSR count). The molecule has 1 aromatic carbocycles. The Morgan fingerprint density at radius 1 is 1.12 bits per heavy atom. The van der Waals surface area contributed by atoms with Gasteiger partial charge in [-0.3, -0.25) is 0 Å². The summed E-state index contributed by atoms with van der Waals surface area (Å²) in [6.07, 6.45) is 1.12. The number of hydrogen-bond donors (Lipinski definition) is 2. The van der Waals surface area contributed by atoms with Crippen molar-refractivity contribution >= 4 is 11.9 Å². The van der Waals surface area contributed by atoms with Crippen molar-refractivity contribution in [3.63, 3.8) is 0 Å². The number of benzene rings is 1. The standard InChI is InChI=1S/C15H23NO2.C4H4O4/c1-3-16(4-2)10-15(11-17-12-15)13-18-14-8-6-5-7-9-14;5-3(6)1-2-4(7)8/h5-9H,3-4,10-13H2,1-2H3;1-2H,(H,5,6)(H,7,8)/b;2-1-. The third kappa shape index (κ3) is 8.13. The van der Waals surface area contributed by atoms with Crippen molar-refractivity contribution in [2.24, 2.45) is 5.41 Å². The Kier molecular flexibility index (Phi) is 9.40. The molecule has 0 aliphatic carbocycles. The molecule has 0 unspecified atom stereocenters. The molecular formula is C19H27NO6. The van der Waals surface area contributed by atoms with Crippen LogP contribution in [0.1, 0.15) is 13.8 Å². The lowest BCUT2D eigenvalue weighted by Crippen LogP contribution is -2.54. The number of rotatable bonds is 9. The molecule has 0 radical (unpaired) electrons. The monoisotopic (exact) mass is 365 g/mol. The van der Waals surface area contributed by atoms with E-state index < -0.39 is 11.9 Å². The summed E-state index contributed by atoms with van der Waals surface area (Å²) >= 11 is 0. The first-order valence-corrected chi connectivity index (χ1v) is 8.52. The van der Waals surface area contributed by atoms with E-state index in [9.17, 15) is 9.59 Å². The van der Waals surface area contributed by atoms with Crippen LogP contribution in [0, 0.1) is 5.41 Å². The van der Waals surface area contributed by atoms with Crippen molar-refractivity contribution in [3.05, 3.63) is 42.5 Å². The second-order valence-corrected chi connectivity index (χ2v) is 6.07. The lowest BCUT2D eigenvalue weighted by Gasteiger charge is -2.43. The van der Waals surface area contributed by atoms with Crippen LogP contribution >= 0.6 is 0 Å². The van der Waals surface area contributed by atoms with E-state index >= 15 is 0 Å². The molecule has 0 spiro atoms. The molecule has 1 heterocycles. The lowest BCUT2D eigenvalue weighted by molar-refractivity contribution is -0.143. The molecule has 1 saturated heterocycles. The Labute approximate surface area is 153 Å². The molecule has 1 aliphatic rings. The second-order valence-electron chi connectivity index (χ2n) is 6.07. The smallest absolute Gasteiger partial charge is 0.328 e. The van der Waals surface area contributed by atoms with Gasteiger partial charge < -0.3 is 24.6 Å². The summed E-state index contributed by atoms with van der Waals surface area (Å²) in [6, 6.07) is 10.0. The molecule has 0 bridgehead atoms. The van der Waals surface area contributed by atoms with Gasteiger partial charge >= 0.3 is 11.9 Å². The molecule has 1 aliphatic heterocycles. The summed E-state index contributed by atoms with van der Waals surface area (Å²) in [6.45, 7) is 10.0. The van der Waals surface area contributed by atoms with Gasteiger partial charge in [-0.1, -0.05) is 32.0 Å². The number of ether oxygens (including phenoxy) is 2. The zero-order valence-corrected chi connectivity index (χ0v) is 15.3. The highest BCUT2D eigenvalue weighted by Gasteiger charge is 2.40. The van der Waals surface area contributed by atoms with Crippen molar-refractivity contribution in [2.45, 2.75) is 13.8 Å². The maximum absolute atomic E-state index is 9.55. The maximum Gasteiger partial charge on any atom is 0.328 e. The SMILES string of the molecule is CCN(CC)CC1(COc2ccccc2)COC1.O=C(O)/C=C\C(=O)O. The third-order valence-electron chi connectivity index (χ3n) is 3.93. The first kappa shape index (κ1) is 21.7. The normalized spacial score (nSPS) is 15.0. The van der Waals surface area contributed by atoms with E-state index in [1.807, 2.05) is 30.3 Å². The Bertz CT molecular complexity index is 563. The van der Waals surface area contributed by atoms with Crippen molar-refractivity contribution in [2.75, 3.05) is 39.5 Å². The topological polar surface area (TPSA) is 96.3 Å². The van der Waals surface area contributed by atoms with E-state index in [1.165, 1.54) is 0 Å². The average Bonchev–Trinajstić information content (AvgIpc) is 2.60. The molecule has 0 saturated carbocycles. The van der Waals surface area contributed by atoms with E-state index in [2.05, 4.69) is 18.7 Å². The highest BCUT2D eigenvalue weighted by Crippen LogP contribution is 2.29. The lowest BCUT2D eigenvalue weighted by atomic mass is 9.86. The zero-order chi connectivity index (χ0) is 19.4. The fourth-order valence-electron chi connectivity index (χ4n) is 2.43. The zero-order valence-electron chi connectivity index (χ0n) is 15.3. The maximum atomic E-state index is 9.55. The van der Waals surface area contributed by atoms with Gasteiger partial charge in [0.1, 0.15) is 5.75 Å². The van der Waals surface area contributed by atoms with E-state index in [1.54, 1.807) is 0 Å². The number of carboxylic acid groups (broad SMARTS) is 2.